The summed E-state index contributed by atoms with van der Waals surface area (Å²) in [4.78, 5) is 28.6. The summed E-state index contributed by atoms with van der Waals surface area (Å²) in [7, 11) is 0. The highest BCUT2D eigenvalue weighted by Gasteiger charge is 2.72. The Morgan fingerprint density at radius 3 is 2.14 bits per heavy atom. The smallest absolute Gasteiger partial charge is 0.240 e. The molecule has 6 atom stereocenters. The average Bonchev–Trinajstić information content (AvgIpc) is 3.62. The van der Waals surface area contributed by atoms with Gasteiger partial charge < -0.3 is 4.74 Å². The maximum absolute atomic E-state index is 13.7. The number of ether oxygens (including phenoxy) is 1. The minimum absolute atomic E-state index is 0.250. The van der Waals surface area contributed by atoms with Gasteiger partial charge in [0.15, 0.2) is 0 Å². The molecule has 36 heavy (non-hydrogen) atoms. The highest BCUT2D eigenvalue weighted by atomic mass is 35.5. The van der Waals surface area contributed by atoms with Crippen molar-refractivity contribution >= 4 is 63.7 Å². The number of benzene rings is 3. The molecule has 0 radical (unpaired) electrons. The number of nitrogens with zero attached hydrogens (tertiary/aromatic N) is 3. The maximum Gasteiger partial charge on any atom is 0.240 e. The first-order valence-electron chi connectivity index (χ1n) is 11.6. The molecule has 0 unspecified atom stereocenters. The van der Waals surface area contributed by atoms with Crippen molar-refractivity contribution in [3.8, 4) is 0 Å². The predicted octanol–water partition coefficient (Wildman–Crippen LogP) is 5.44. The Kier molecular flexibility index (Phi) is 4.99. The lowest BCUT2D eigenvalue weighted by Gasteiger charge is -2.32. The van der Waals surface area contributed by atoms with E-state index in [0.29, 0.717) is 32.0 Å². The van der Waals surface area contributed by atoms with Crippen LogP contribution < -0.4 is 9.91 Å². The topological polar surface area (TPSA) is 62.2 Å². The maximum atomic E-state index is 13.7. The van der Waals surface area contributed by atoms with Crippen LogP contribution in [0, 0.1) is 17.8 Å². The summed E-state index contributed by atoms with van der Waals surface area (Å²) < 4.78 is 6.44. The molecule has 3 saturated heterocycles. The van der Waals surface area contributed by atoms with E-state index in [1.165, 1.54) is 4.90 Å². The fraction of sp³-hybridized carbons (Fsp3) is 0.222. The Bertz CT molecular complexity index is 1450. The van der Waals surface area contributed by atoms with Crippen molar-refractivity contribution in [3.05, 3.63) is 93.4 Å². The number of carbonyl (C=O) groups excluding carboxylic acids is 2. The molecule has 6 nitrogen and oxygen atoms in total. The van der Waals surface area contributed by atoms with E-state index in [0.717, 1.165) is 5.69 Å². The summed E-state index contributed by atoms with van der Waals surface area (Å²) >= 11 is 19.0. The number of imide groups is 1. The number of fused-ring (bicyclic) bond motifs is 8. The van der Waals surface area contributed by atoms with Crippen molar-refractivity contribution in [2.45, 2.75) is 18.2 Å². The number of carbonyl (C=O) groups is 2. The molecule has 9 heteroatoms. The molecule has 7 rings (SSSR count). The largest absolute Gasteiger partial charge is 0.370 e. The normalized spacial score (nSPS) is 30.1. The minimum atomic E-state index is -0.599. The van der Waals surface area contributed by atoms with Gasteiger partial charge in [-0.25, -0.2) is 4.90 Å². The number of halogens is 3. The van der Waals surface area contributed by atoms with Gasteiger partial charge in [-0.1, -0.05) is 65.1 Å². The molecule has 4 aliphatic rings. The number of para-hydroxylation sites is 1. The molecule has 3 aromatic rings. The zero-order chi connectivity index (χ0) is 24.7. The van der Waals surface area contributed by atoms with E-state index in [9.17, 15) is 9.59 Å². The summed E-state index contributed by atoms with van der Waals surface area (Å²) in [5.74, 6) is -1.95. The number of amides is 2. The SMILES string of the molecule is O=C1[C@@H]2[C@@H]3O[C@@H]([C@H]4C(c5cccc(Cl)c5Cl)=NN(c5ccccc5)[C@@H]34)[C@@H]2C(=O)N1c1ccc(Cl)cc1. The van der Waals surface area contributed by atoms with Crippen molar-refractivity contribution in [3.63, 3.8) is 0 Å². The van der Waals surface area contributed by atoms with Crippen LogP contribution in [0.4, 0.5) is 11.4 Å². The summed E-state index contributed by atoms with van der Waals surface area (Å²) in [6.07, 6.45) is -1.01. The highest BCUT2D eigenvalue weighted by molar-refractivity contribution is 6.44. The van der Waals surface area contributed by atoms with Gasteiger partial charge in [0.2, 0.25) is 11.8 Å². The number of hydrogen-bond donors (Lipinski definition) is 0. The van der Waals surface area contributed by atoms with Gasteiger partial charge in [-0.3, -0.25) is 14.6 Å². The molecular weight excluding hydrogens is 521 g/mol. The first kappa shape index (κ1) is 22.3. The van der Waals surface area contributed by atoms with Gasteiger partial charge in [-0.15, -0.1) is 0 Å². The Morgan fingerprint density at radius 2 is 1.42 bits per heavy atom. The van der Waals surface area contributed by atoms with Gasteiger partial charge in [0.25, 0.3) is 0 Å². The minimum Gasteiger partial charge on any atom is -0.370 e. The van der Waals surface area contributed by atoms with Gasteiger partial charge in [-0.05, 0) is 42.5 Å². The zero-order valence-corrected chi connectivity index (χ0v) is 20.9. The molecule has 2 bridgehead atoms. The van der Waals surface area contributed by atoms with Crippen LogP contribution in [-0.2, 0) is 14.3 Å². The van der Waals surface area contributed by atoms with E-state index in [2.05, 4.69) is 0 Å². The highest BCUT2D eigenvalue weighted by Crippen LogP contribution is 2.57. The van der Waals surface area contributed by atoms with Crippen LogP contribution in [0.2, 0.25) is 15.1 Å². The van der Waals surface area contributed by atoms with E-state index in [4.69, 9.17) is 44.6 Å². The molecule has 0 spiro atoms. The van der Waals surface area contributed by atoms with Gasteiger partial charge >= 0.3 is 0 Å². The Balaban J connectivity index is 1.34. The summed E-state index contributed by atoms with van der Waals surface area (Å²) in [5, 5.41) is 8.28. The van der Waals surface area contributed by atoms with Crippen molar-refractivity contribution in [1.29, 1.82) is 0 Å². The Morgan fingerprint density at radius 1 is 0.722 bits per heavy atom. The first-order chi connectivity index (χ1) is 17.5. The lowest BCUT2D eigenvalue weighted by molar-refractivity contribution is -0.125. The lowest BCUT2D eigenvalue weighted by atomic mass is 9.70. The van der Waals surface area contributed by atoms with Crippen molar-refractivity contribution in [2.75, 3.05) is 9.91 Å². The van der Waals surface area contributed by atoms with Gasteiger partial charge in [0.1, 0.15) is 0 Å². The van der Waals surface area contributed by atoms with Crippen LogP contribution in [0.3, 0.4) is 0 Å². The number of hydrogen-bond acceptors (Lipinski definition) is 5. The van der Waals surface area contributed by atoms with Crippen molar-refractivity contribution in [2.24, 2.45) is 22.9 Å². The van der Waals surface area contributed by atoms with E-state index in [1.807, 2.05) is 47.5 Å². The predicted molar refractivity (Wildman–Crippen MR) is 139 cm³/mol. The van der Waals surface area contributed by atoms with Gasteiger partial charge in [-0.2, -0.15) is 5.10 Å². The second-order valence-electron chi connectivity index (χ2n) is 9.39. The zero-order valence-electron chi connectivity index (χ0n) is 18.6. The van der Waals surface area contributed by atoms with E-state index < -0.39 is 24.0 Å². The molecule has 2 amide bonds. The van der Waals surface area contributed by atoms with Crippen LogP contribution in [-0.4, -0.2) is 35.8 Å². The van der Waals surface area contributed by atoms with Gasteiger partial charge in [0.05, 0.1) is 63.1 Å². The van der Waals surface area contributed by atoms with Crippen LogP contribution in [0.25, 0.3) is 0 Å². The third-order valence-corrected chi connectivity index (χ3v) is 8.70. The second kappa shape index (κ2) is 8.05. The molecule has 0 N–H and O–H groups in total. The second-order valence-corrected chi connectivity index (χ2v) is 10.6. The molecule has 3 fully saturated rings. The molecule has 4 aliphatic heterocycles. The Labute approximate surface area is 222 Å². The molecule has 180 valence electrons. The molecule has 0 saturated carbocycles. The fourth-order valence-corrected chi connectivity index (χ4v) is 6.73. The van der Waals surface area contributed by atoms with E-state index in [1.54, 1.807) is 30.3 Å². The van der Waals surface area contributed by atoms with E-state index >= 15 is 0 Å². The quantitative estimate of drug-likeness (QED) is 0.417. The number of anilines is 2. The van der Waals surface area contributed by atoms with Crippen LogP contribution in [0.15, 0.2) is 77.9 Å². The monoisotopic (exact) mass is 537 g/mol. The van der Waals surface area contributed by atoms with Crippen molar-refractivity contribution < 1.29 is 14.3 Å². The molecule has 3 aromatic carbocycles. The standard InChI is InChI=1S/C27H18Cl3N3O3/c28-13-9-11-14(12-10-13)32-26(34)18-19(27(32)35)25-23-20(24(18)36-25)22(16-7-4-8-17(29)21(16)30)31-33(23)15-5-2-1-3-6-15/h1-12,18-20,23-25H/t18-,19+,20+,23-,24-,25+/m1/s1. The number of rotatable bonds is 3. The molecule has 0 aliphatic carbocycles. The van der Waals surface area contributed by atoms with Crippen LogP contribution in [0.1, 0.15) is 5.56 Å². The van der Waals surface area contributed by atoms with Crippen LogP contribution in [0.5, 0.6) is 0 Å². The summed E-state index contributed by atoms with van der Waals surface area (Å²) in [6, 6.07) is 21.7. The lowest BCUT2D eigenvalue weighted by Crippen LogP contribution is -2.50. The van der Waals surface area contributed by atoms with Crippen LogP contribution >= 0.6 is 34.8 Å². The molecule has 0 aromatic heterocycles. The fourth-order valence-electron chi connectivity index (χ4n) is 6.20. The van der Waals surface area contributed by atoms with Crippen molar-refractivity contribution in [1.82, 2.24) is 0 Å². The summed E-state index contributed by atoms with van der Waals surface area (Å²) in [5.41, 5.74) is 2.81. The average molecular weight is 539 g/mol. The van der Waals surface area contributed by atoms with E-state index in [-0.39, 0.29) is 23.8 Å². The first-order valence-corrected chi connectivity index (χ1v) is 12.7. The summed E-state index contributed by atoms with van der Waals surface area (Å²) in [6.45, 7) is 0. The number of hydrazone groups is 1. The molecule has 4 heterocycles. The van der Waals surface area contributed by atoms with Gasteiger partial charge in [0, 0.05) is 10.6 Å². The molecular formula is C27H18Cl3N3O3. The third-order valence-electron chi connectivity index (χ3n) is 7.63. The third kappa shape index (κ3) is 2.99. The Hall–Kier alpha value is -2.90.